The van der Waals surface area contributed by atoms with Crippen LogP contribution in [0.4, 0.5) is 28.8 Å². The smallest absolute Gasteiger partial charge is 0.165 e. The van der Waals surface area contributed by atoms with Gasteiger partial charge in [0.2, 0.25) is 0 Å². The third-order valence-electron chi connectivity index (χ3n) is 5.98. The zero-order valence-electron chi connectivity index (χ0n) is 19.2. The van der Waals surface area contributed by atoms with Gasteiger partial charge in [0.1, 0.15) is 23.8 Å². The molecule has 0 aliphatic heterocycles. The number of aromatic amines is 3. The Bertz CT molecular complexity index is 1760. The fourth-order valence-electron chi connectivity index (χ4n) is 4.20. The summed E-state index contributed by atoms with van der Waals surface area (Å²) in [6.45, 7) is 0. The molecule has 0 bridgehead atoms. The minimum atomic E-state index is 0.533. The van der Waals surface area contributed by atoms with Crippen LogP contribution in [-0.4, -0.2) is 24.9 Å². The largest absolute Gasteiger partial charge is 0.398 e. The van der Waals surface area contributed by atoms with E-state index in [0.717, 1.165) is 44.5 Å². The first-order valence-electron chi connectivity index (χ1n) is 11.4. The van der Waals surface area contributed by atoms with Crippen LogP contribution in [-0.2, 0) is 0 Å². The fourth-order valence-corrected chi connectivity index (χ4v) is 4.20. The van der Waals surface area contributed by atoms with Crippen LogP contribution in [0.2, 0.25) is 0 Å². The lowest BCUT2D eigenvalue weighted by atomic mass is 10.1. The maximum atomic E-state index is 6.14. The average molecular weight is 474 g/mol. The van der Waals surface area contributed by atoms with Crippen molar-refractivity contribution in [2.24, 2.45) is 4.99 Å². The summed E-state index contributed by atoms with van der Waals surface area (Å²) in [5, 5.41) is 5.03. The third-order valence-corrected chi connectivity index (χ3v) is 5.98. The number of para-hydroxylation sites is 2. The molecule has 9 nitrogen and oxygen atoms in total. The predicted molar refractivity (Wildman–Crippen MR) is 144 cm³/mol. The van der Waals surface area contributed by atoms with Crippen molar-refractivity contribution in [2.75, 3.05) is 16.8 Å². The summed E-state index contributed by atoms with van der Waals surface area (Å²) in [4.78, 5) is 23.4. The molecule has 6 rings (SSSR count). The second-order valence-electron chi connectivity index (χ2n) is 8.32. The highest BCUT2D eigenvalue weighted by atomic mass is 15.1. The van der Waals surface area contributed by atoms with Crippen molar-refractivity contribution in [1.82, 2.24) is 24.9 Å². The molecule has 0 spiro atoms. The fraction of sp³-hybridized carbons (Fsp3) is 0. The number of hydrogen-bond acceptors (Lipinski definition) is 6. The quantitative estimate of drug-likeness (QED) is 0.193. The Morgan fingerprint density at radius 1 is 0.722 bits per heavy atom. The minimum Gasteiger partial charge on any atom is -0.398 e. The van der Waals surface area contributed by atoms with E-state index < -0.39 is 0 Å². The molecule has 4 aromatic heterocycles. The van der Waals surface area contributed by atoms with Gasteiger partial charge in [-0.25, -0.2) is 15.0 Å². The van der Waals surface area contributed by atoms with Crippen molar-refractivity contribution >= 4 is 39.6 Å². The number of fused-ring (bicyclic) bond motifs is 1. The Hall–Kier alpha value is -5.31. The summed E-state index contributed by atoms with van der Waals surface area (Å²) in [6, 6.07) is 19.4. The molecule has 0 amide bonds. The molecule has 4 heterocycles. The first-order valence-corrected chi connectivity index (χ1v) is 11.4. The van der Waals surface area contributed by atoms with Gasteiger partial charge in [-0.05, 0) is 24.3 Å². The van der Waals surface area contributed by atoms with Crippen molar-refractivity contribution in [3.8, 4) is 22.3 Å². The number of nitrogens with one attached hydrogen (secondary N) is 4. The van der Waals surface area contributed by atoms with Gasteiger partial charge in [-0.1, -0.05) is 36.4 Å². The van der Waals surface area contributed by atoms with Crippen molar-refractivity contribution in [2.45, 2.75) is 0 Å². The number of rotatable bonds is 5. The summed E-state index contributed by atoms with van der Waals surface area (Å²) < 4.78 is 0. The maximum absolute atomic E-state index is 6.14. The zero-order chi connectivity index (χ0) is 24.5. The topological polar surface area (TPSA) is 150 Å². The minimum absolute atomic E-state index is 0.533. The lowest BCUT2D eigenvalue weighted by molar-refractivity contribution is 1.12. The molecule has 0 radical (unpaired) electrons. The number of H-pyrrole nitrogens is 3. The molecular formula is C27H23N9. The highest BCUT2D eigenvalue weighted by molar-refractivity contribution is 5.92. The van der Waals surface area contributed by atoms with E-state index in [-0.39, 0.29) is 0 Å². The Labute approximate surface area is 206 Å². The second-order valence-corrected chi connectivity index (χ2v) is 8.32. The van der Waals surface area contributed by atoms with Crippen molar-refractivity contribution in [1.29, 1.82) is 0 Å². The van der Waals surface area contributed by atoms with Crippen LogP contribution < -0.4 is 22.3 Å². The number of nitrogens with zero attached hydrogens (tertiary/aromatic N) is 3. The van der Waals surface area contributed by atoms with Gasteiger partial charge in [0.25, 0.3) is 0 Å². The molecule has 0 atom stereocenters. The first kappa shape index (κ1) is 21.2. The Kier molecular flexibility index (Phi) is 5.19. The highest BCUT2D eigenvalue weighted by Crippen LogP contribution is 2.30. The number of nitrogens with two attached hydrogens (primary N) is 2. The summed E-state index contributed by atoms with van der Waals surface area (Å²) >= 11 is 0. The Balaban J connectivity index is 1.35. The van der Waals surface area contributed by atoms with E-state index in [1.54, 1.807) is 0 Å². The van der Waals surface area contributed by atoms with Crippen LogP contribution in [0.5, 0.6) is 0 Å². The molecule has 0 aliphatic rings. The van der Waals surface area contributed by atoms with Crippen molar-refractivity contribution in [3.05, 3.63) is 97.3 Å². The molecule has 6 aromatic rings. The molecular weight excluding hydrogens is 450 g/mol. The summed E-state index contributed by atoms with van der Waals surface area (Å²) in [7, 11) is 0. The molecule has 0 saturated carbocycles. The van der Waals surface area contributed by atoms with E-state index in [0.29, 0.717) is 22.8 Å². The molecule has 176 valence electrons. The molecule has 9 heteroatoms. The van der Waals surface area contributed by atoms with Gasteiger partial charge in [0, 0.05) is 69.2 Å². The van der Waals surface area contributed by atoms with Gasteiger partial charge in [-0.2, -0.15) is 0 Å². The number of nitrogen functional groups attached to an aromatic ring is 2. The van der Waals surface area contributed by atoms with Crippen LogP contribution in [0.1, 0.15) is 0 Å². The number of hydrogen-bond donors (Lipinski definition) is 6. The normalized spacial score (nSPS) is 11.7. The average Bonchev–Trinajstić information content (AvgIpc) is 3.63. The maximum Gasteiger partial charge on any atom is 0.165 e. The van der Waals surface area contributed by atoms with Crippen molar-refractivity contribution < 1.29 is 0 Å². The van der Waals surface area contributed by atoms with Crippen LogP contribution in [0.25, 0.3) is 33.0 Å². The van der Waals surface area contributed by atoms with Gasteiger partial charge in [-0.15, -0.1) is 0 Å². The van der Waals surface area contributed by atoms with Gasteiger partial charge in [0.05, 0.1) is 0 Å². The molecule has 0 fully saturated rings. The SMILES string of the molecule is Nc1ccccc1-c1c[nH]c(/N=c2\ncnc(Nc3cc(-c4ccccc4N)c[nH]3)c3c[nH]cc23)c1. The van der Waals surface area contributed by atoms with E-state index in [9.17, 15) is 0 Å². The van der Waals surface area contributed by atoms with Crippen LogP contribution in [0.3, 0.4) is 0 Å². The predicted octanol–water partition coefficient (Wildman–Crippen LogP) is 5.09. The molecule has 0 saturated heterocycles. The van der Waals surface area contributed by atoms with E-state index in [1.807, 2.05) is 85.5 Å². The summed E-state index contributed by atoms with van der Waals surface area (Å²) in [5.74, 6) is 2.08. The number of anilines is 4. The standard InChI is InChI=1S/C27H23N9/c28-22-7-3-1-5-18(22)16-9-24(31-11-16)35-26-20-13-30-14-21(20)27(34-15-33-26)36-25-10-17(12-32-25)19-6-2-4-8-23(19)29/h1-15,30-32H,28-29H2,(H,33,34,35,36). The molecule has 0 unspecified atom stereocenters. The summed E-state index contributed by atoms with van der Waals surface area (Å²) in [5.41, 5.74) is 18.1. The van der Waals surface area contributed by atoms with Crippen LogP contribution in [0.15, 0.2) is 96.8 Å². The molecule has 8 N–H and O–H groups in total. The number of aromatic nitrogens is 5. The summed E-state index contributed by atoms with van der Waals surface area (Å²) in [6.07, 6.45) is 9.02. The van der Waals surface area contributed by atoms with Gasteiger partial charge in [-0.3, -0.25) is 0 Å². The van der Waals surface area contributed by atoms with E-state index in [1.165, 1.54) is 6.33 Å². The molecule has 2 aromatic carbocycles. The number of benzene rings is 2. The lowest BCUT2D eigenvalue weighted by Crippen LogP contribution is -2.03. The zero-order valence-corrected chi connectivity index (χ0v) is 19.2. The van der Waals surface area contributed by atoms with Crippen molar-refractivity contribution in [3.63, 3.8) is 0 Å². The van der Waals surface area contributed by atoms with Gasteiger partial charge < -0.3 is 31.7 Å². The van der Waals surface area contributed by atoms with Gasteiger partial charge >= 0.3 is 0 Å². The Morgan fingerprint density at radius 3 is 2.14 bits per heavy atom. The van der Waals surface area contributed by atoms with Gasteiger partial charge in [0.15, 0.2) is 5.49 Å². The monoisotopic (exact) mass is 473 g/mol. The highest BCUT2D eigenvalue weighted by Gasteiger charge is 2.10. The second kappa shape index (κ2) is 8.80. The molecule has 0 aliphatic carbocycles. The van der Waals surface area contributed by atoms with E-state index in [2.05, 4.69) is 30.2 Å². The van der Waals surface area contributed by atoms with E-state index >= 15 is 0 Å². The van der Waals surface area contributed by atoms with Crippen LogP contribution in [0, 0.1) is 0 Å². The lowest BCUT2D eigenvalue weighted by Gasteiger charge is -2.02. The first-order chi connectivity index (χ1) is 17.7. The van der Waals surface area contributed by atoms with Crippen LogP contribution >= 0.6 is 0 Å². The Morgan fingerprint density at radius 2 is 1.39 bits per heavy atom. The third kappa shape index (κ3) is 3.94. The van der Waals surface area contributed by atoms with E-state index in [4.69, 9.17) is 16.5 Å². The molecule has 36 heavy (non-hydrogen) atoms.